The van der Waals surface area contributed by atoms with Crippen molar-refractivity contribution in [3.63, 3.8) is 0 Å². The first-order valence-corrected chi connectivity index (χ1v) is 9.42. The third kappa shape index (κ3) is 3.78. The van der Waals surface area contributed by atoms with Gasteiger partial charge in [-0.15, -0.1) is 0 Å². The lowest BCUT2D eigenvalue weighted by molar-refractivity contribution is 0.103. The molecule has 0 saturated heterocycles. The van der Waals surface area contributed by atoms with Crippen LogP contribution in [0, 0.1) is 0 Å². The van der Waals surface area contributed by atoms with E-state index in [2.05, 4.69) is 0 Å². The molecule has 0 fully saturated rings. The molecule has 0 heterocycles. The van der Waals surface area contributed by atoms with E-state index in [1.165, 1.54) is 0 Å². The van der Waals surface area contributed by atoms with Gasteiger partial charge in [-0.2, -0.15) is 0 Å². The highest BCUT2D eigenvalue weighted by Crippen LogP contribution is 2.33. The van der Waals surface area contributed by atoms with Crippen molar-refractivity contribution in [2.45, 2.75) is 0 Å². The zero-order valence-electron chi connectivity index (χ0n) is 16.7. The Kier molecular flexibility index (Phi) is 5.26. The van der Waals surface area contributed by atoms with Crippen LogP contribution in [0.2, 0.25) is 0 Å². The zero-order chi connectivity index (χ0) is 21.1. The van der Waals surface area contributed by atoms with Gasteiger partial charge in [-0.25, -0.2) is 0 Å². The summed E-state index contributed by atoms with van der Waals surface area (Å²) in [5.74, 6) is 2.44. The molecule has 0 aliphatic heterocycles. The highest BCUT2D eigenvalue weighted by atomic mass is 16.5. The van der Waals surface area contributed by atoms with Gasteiger partial charge in [0.15, 0.2) is 5.78 Å². The Morgan fingerprint density at radius 1 is 0.733 bits per heavy atom. The van der Waals surface area contributed by atoms with Gasteiger partial charge in [0, 0.05) is 11.3 Å². The number of nitrogens with two attached hydrogens (primary N) is 1. The topological polar surface area (TPSA) is 70.8 Å². The summed E-state index contributed by atoms with van der Waals surface area (Å²) < 4.78 is 16.6. The average Bonchev–Trinajstić information content (AvgIpc) is 2.79. The van der Waals surface area contributed by atoms with Crippen molar-refractivity contribution in [3.8, 4) is 23.0 Å². The highest BCUT2D eigenvalue weighted by Gasteiger charge is 2.18. The third-order valence-corrected chi connectivity index (χ3v) is 4.87. The van der Waals surface area contributed by atoms with Crippen LogP contribution in [-0.4, -0.2) is 20.0 Å². The maximum absolute atomic E-state index is 13.3. The molecule has 5 heteroatoms. The monoisotopic (exact) mass is 399 g/mol. The lowest BCUT2D eigenvalue weighted by atomic mass is 9.96. The number of carbonyl (C=O) groups is 1. The number of hydrogen-bond acceptors (Lipinski definition) is 5. The Morgan fingerprint density at radius 2 is 1.37 bits per heavy atom. The van der Waals surface area contributed by atoms with Gasteiger partial charge < -0.3 is 19.9 Å². The second-order valence-corrected chi connectivity index (χ2v) is 6.75. The van der Waals surface area contributed by atoms with Crippen molar-refractivity contribution in [1.82, 2.24) is 0 Å². The molecule has 0 aliphatic carbocycles. The normalized spacial score (nSPS) is 10.6. The Bertz CT molecular complexity index is 1200. The average molecular weight is 399 g/mol. The van der Waals surface area contributed by atoms with Crippen LogP contribution in [0.4, 0.5) is 5.69 Å². The van der Waals surface area contributed by atoms with Gasteiger partial charge in [-0.3, -0.25) is 4.79 Å². The molecule has 0 aliphatic rings. The first-order valence-electron chi connectivity index (χ1n) is 9.42. The molecule has 4 rings (SSSR count). The molecule has 0 atom stereocenters. The lowest BCUT2D eigenvalue weighted by Crippen LogP contribution is -2.05. The number of rotatable bonds is 6. The second-order valence-electron chi connectivity index (χ2n) is 6.75. The molecule has 150 valence electrons. The van der Waals surface area contributed by atoms with Crippen LogP contribution in [0.15, 0.2) is 78.9 Å². The molecule has 0 radical (unpaired) electrons. The van der Waals surface area contributed by atoms with Crippen molar-refractivity contribution in [3.05, 3.63) is 90.0 Å². The number of ketones is 1. The van der Waals surface area contributed by atoms with E-state index < -0.39 is 0 Å². The zero-order valence-corrected chi connectivity index (χ0v) is 16.7. The number of ether oxygens (including phenoxy) is 3. The van der Waals surface area contributed by atoms with Crippen LogP contribution < -0.4 is 19.9 Å². The standard InChI is InChI=1S/C25H21NO4/c1-28-21-12-13-22-17(15-21)5-14-23(29-2)24(22)25(27)16-3-8-19(9-4-16)30-20-10-6-18(26)7-11-20/h3-15H,26H2,1-2H3. The maximum atomic E-state index is 13.3. The molecule has 0 bridgehead atoms. The van der Waals surface area contributed by atoms with Crippen molar-refractivity contribution in [2.75, 3.05) is 20.0 Å². The number of benzene rings is 4. The van der Waals surface area contributed by atoms with Crippen LogP contribution in [0.25, 0.3) is 10.8 Å². The minimum Gasteiger partial charge on any atom is -0.497 e. The summed E-state index contributed by atoms with van der Waals surface area (Å²) in [6.45, 7) is 0. The molecule has 0 saturated carbocycles. The van der Waals surface area contributed by atoms with E-state index in [0.717, 1.165) is 16.5 Å². The molecule has 0 aromatic heterocycles. The first kappa shape index (κ1) is 19.3. The van der Waals surface area contributed by atoms with Crippen LogP contribution in [0.5, 0.6) is 23.0 Å². The number of carbonyl (C=O) groups excluding carboxylic acids is 1. The van der Waals surface area contributed by atoms with Crippen molar-refractivity contribution < 1.29 is 19.0 Å². The van der Waals surface area contributed by atoms with Crippen molar-refractivity contribution >= 4 is 22.2 Å². The van der Waals surface area contributed by atoms with Crippen molar-refractivity contribution in [2.24, 2.45) is 0 Å². The molecule has 2 N–H and O–H groups in total. The summed E-state index contributed by atoms with van der Waals surface area (Å²) in [6.07, 6.45) is 0. The van der Waals surface area contributed by atoms with E-state index in [1.54, 1.807) is 68.8 Å². The van der Waals surface area contributed by atoms with Gasteiger partial charge >= 0.3 is 0 Å². The van der Waals surface area contributed by atoms with Crippen LogP contribution in [0.3, 0.4) is 0 Å². The summed E-state index contributed by atoms with van der Waals surface area (Å²) in [5, 5.41) is 1.71. The Hall–Kier alpha value is -3.99. The van der Waals surface area contributed by atoms with Crippen LogP contribution in [-0.2, 0) is 0 Å². The fraction of sp³-hybridized carbons (Fsp3) is 0.0800. The molecule has 5 nitrogen and oxygen atoms in total. The van der Waals surface area contributed by atoms with Gasteiger partial charge in [0.05, 0.1) is 19.8 Å². The minimum atomic E-state index is -0.123. The maximum Gasteiger partial charge on any atom is 0.197 e. The largest absolute Gasteiger partial charge is 0.497 e. The van der Waals surface area contributed by atoms with Gasteiger partial charge in [0.2, 0.25) is 0 Å². The summed E-state index contributed by atoms with van der Waals surface area (Å²) >= 11 is 0. The third-order valence-electron chi connectivity index (χ3n) is 4.87. The summed E-state index contributed by atoms with van der Waals surface area (Å²) in [6, 6.07) is 23.5. The molecule has 4 aromatic carbocycles. The van der Waals surface area contributed by atoms with E-state index in [4.69, 9.17) is 19.9 Å². The van der Waals surface area contributed by atoms with Gasteiger partial charge in [-0.1, -0.05) is 6.07 Å². The van der Waals surface area contributed by atoms with Gasteiger partial charge in [0.1, 0.15) is 23.0 Å². The van der Waals surface area contributed by atoms with Crippen LogP contribution in [0.1, 0.15) is 15.9 Å². The first-order chi connectivity index (χ1) is 14.6. The van der Waals surface area contributed by atoms with Crippen molar-refractivity contribution in [1.29, 1.82) is 0 Å². The van der Waals surface area contributed by atoms with E-state index in [-0.39, 0.29) is 5.78 Å². The highest BCUT2D eigenvalue weighted by molar-refractivity contribution is 6.18. The molecule has 0 amide bonds. The lowest BCUT2D eigenvalue weighted by Gasteiger charge is -2.13. The number of nitrogen functional groups attached to an aromatic ring is 1. The Morgan fingerprint density at radius 3 is 2.00 bits per heavy atom. The molecular weight excluding hydrogens is 378 g/mol. The molecule has 0 unspecified atom stereocenters. The van der Waals surface area contributed by atoms with E-state index >= 15 is 0 Å². The minimum absolute atomic E-state index is 0.123. The second kappa shape index (κ2) is 8.17. The SMILES string of the molecule is COc1ccc2c(C(=O)c3ccc(Oc4ccc(N)cc4)cc3)c(OC)ccc2c1. The number of anilines is 1. The molecule has 0 spiro atoms. The number of fused-ring (bicyclic) bond motifs is 1. The Labute approximate surface area is 174 Å². The number of hydrogen-bond donors (Lipinski definition) is 1. The van der Waals surface area contributed by atoms with Crippen LogP contribution >= 0.6 is 0 Å². The predicted molar refractivity (Wildman–Crippen MR) is 118 cm³/mol. The predicted octanol–water partition coefficient (Wildman–Crippen LogP) is 5.46. The van der Waals surface area contributed by atoms with E-state index in [9.17, 15) is 4.79 Å². The summed E-state index contributed by atoms with van der Waals surface area (Å²) in [4.78, 5) is 13.3. The quantitative estimate of drug-likeness (QED) is 0.344. The fourth-order valence-corrected chi connectivity index (χ4v) is 3.31. The van der Waals surface area contributed by atoms with Gasteiger partial charge in [0.25, 0.3) is 0 Å². The molecule has 30 heavy (non-hydrogen) atoms. The summed E-state index contributed by atoms with van der Waals surface area (Å²) in [7, 11) is 3.18. The molecule has 4 aromatic rings. The summed E-state index contributed by atoms with van der Waals surface area (Å²) in [5.41, 5.74) is 7.43. The Balaban J connectivity index is 1.67. The van der Waals surface area contributed by atoms with E-state index in [1.807, 2.05) is 24.3 Å². The fourth-order valence-electron chi connectivity index (χ4n) is 3.31. The van der Waals surface area contributed by atoms with E-state index in [0.29, 0.717) is 34.1 Å². The smallest absolute Gasteiger partial charge is 0.197 e. The molecular formula is C25H21NO4. The number of methoxy groups -OCH3 is 2. The van der Waals surface area contributed by atoms with Gasteiger partial charge in [-0.05, 0) is 83.6 Å².